The van der Waals surface area contributed by atoms with Gasteiger partial charge in [-0.25, -0.2) is 15.0 Å². The van der Waals surface area contributed by atoms with Gasteiger partial charge in [-0.1, -0.05) is 0 Å². The average Bonchev–Trinajstić information content (AvgIpc) is 3.03. The van der Waals surface area contributed by atoms with Crippen LogP contribution in [-0.2, 0) is 4.74 Å². The number of hydrogen-bond donors (Lipinski definition) is 3. The van der Waals surface area contributed by atoms with Crippen molar-refractivity contribution < 1.29 is 14.9 Å². The van der Waals surface area contributed by atoms with E-state index in [2.05, 4.69) is 15.0 Å². The SMILES string of the molecule is Nc1ncnc2c1ncn2[C@H]1C=CC(CO)(CO)O1. The van der Waals surface area contributed by atoms with Gasteiger partial charge in [-0.3, -0.25) is 4.57 Å². The molecule has 0 aliphatic carbocycles. The molecule has 100 valence electrons. The summed E-state index contributed by atoms with van der Waals surface area (Å²) in [6.07, 6.45) is 5.74. The first-order valence-corrected chi connectivity index (χ1v) is 5.71. The van der Waals surface area contributed by atoms with E-state index in [0.29, 0.717) is 17.0 Å². The van der Waals surface area contributed by atoms with Crippen molar-refractivity contribution in [2.75, 3.05) is 18.9 Å². The van der Waals surface area contributed by atoms with Crippen molar-refractivity contribution in [3.05, 3.63) is 24.8 Å². The van der Waals surface area contributed by atoms with Crippen LogP contribution in [0.25, 0.3) is 11.2 Å². The molecule has 8 nitrogen and oxygen atoms in total. The van der Waals surface area contributed by atoms with Crippen LogP contribution in [-0.4, -0.2) is 48.5 Å². The Balaban J connectivity index is 1.99. The molecule has 0 saturated carbocycles. The predicted molar refractivity (Wildman–Crippen MR) is 65.9 cm³/mol. The number of aromatic nitrogens is 4. The van der Waals surface area contributed by atoms with Crippen LogP contribution in [0.5, 0.6) is 0 Å². The molecule has 0 spiro atoms. The number of rotatable bonds is 3. The quantitative estimate of drug-likeness (QED) is 0.621. The standard InChI is InChI=1S/C11H13N5O3/c12-9-8-10(14-5-13-9)16(6-15-8)7-1-2-11(3-17,4-18)19-7/h1-2,5-7,17-18H,3-4H2,(H2,12,13,14)/t7-/m1/s1. The van der Waals surface area contributed by atoms with Crippen LogP contribution in [0.15, 0.2) is 24.8 Å². The molecule has 1 atom stereocenters. The molecule has 0 bridgehead atoms. The Bertz CT molecular complexity index is 634. The first kappa shape index (κ1) is 12.0. The first-order valence-electron chi connectivity index (χ1n) is 5.71. The summed E-state index contributed by atoms with van der Waals surface area (Å²) in [4.78, 5) is 12.1. The minimum atomic E-state index is -1.07. The van der Waals surface area contributed by atoms with Gasteiger partial charge in [0.15, 0.2) is 17.7 Å². The summed E-state index contributed by atoms with van der Waals surface area (Å²) in [6.45, 7) is -0.611. The Morgan fingerprint density at radius 1 is 1.32 bits per heavy atom. The van der Waals surface area contributed by atoms with E-state index in [1.807, 2.05) is 0 Å². The van der Waals surface area contributed by atoms with E-state index in [9.17, 15) is 10.2 Å². The molecule has 0 fully saturated rings. The third-order valence-corrected chi connectivity index (χ3v) is 3.12. The van der Waals surface area contributed by atoms with Gasteiger partial charge in [0.05, 0.1) is 19.5 Å². The number of aliphatic hydroxyl groups excluding tert-OH is 2. The van der Waals surface area contributed by atoms with Crippen molar-refractivity contribution in [3.8, 4) is 0 Å². The van der Waals surface area contributed by atoms with E-state index in [4.69, 9.17) is 10.5 Å². The highest BCUT2D eigenvalue weighted by atomic mass is 16.5. The van der Waals surface area contributed by atoms with Crippen LogP contribution in [0.4, 0.5) is 5.82 Å². The molecule has 0 amide bonds. The zero-order chi connectivity index (χ0) is 13.5. The minimum Gasteiger partial charge on any atom is -0.393 e. The summed E-state index contributed by atoms with van der Waals surface area (Å²) in [5, 5.41) is 18.6. The minimum absolute atomic E-state index is 0.293. The van der Waals surface area contributed by atoms with Gasteiger partial charge < -0.3 is 20.7 Å². The van der Waals surface area contributed by atoms with E-state index in [0.717, 1.165) is 0 Å². The summed E-state index contributed by atoms with van der Waals surface area (Å²) in [5.74, 6) is 0.293. The van der Waals surface area contributed by atoms with Crippen molar-refractivity contribution >= 4 is 17.0 Å². The predicted octanol–water partition coefficient (Wildman–Crippen LogP) is -0.783. The number of aliphatic hydroxyl groups is 2. The van der Waals surface area contributed by atoms with Gasteiger partial charge in [-0.2, -0.15) is 0 Å². The molecule has 1 aliphatic rings. The van der Waals surface area contributed by atoms with E-state index >= 15 is 0 Å². The number of ether oxygens (including phenoxy) is 1. The third-order valence-electron chi connectivity index (χ3n) is 3.12. The van der Waals surface area contributed by atoms with Crippen LogP contribution in [0.1, 0.15) is 6.23 Å². The molecule has 1 aliphatic heterocycles. The van der Waals surface area contributed by atoms with Gasteiger partial charge in [0.2, 0.25) is 0 Å². The maximum atomic E-state index is 9.28. The second kappa shape index (κ2) is 4.26. The Morgan fingerprint density at radius 2 is 2.11 bits per heavy atom. The number of nitrogens with two attached hydrogens (primary N) is 1. The van der Waals surface area contributed by atoms with E-state index in [-0.39, 0.29) is 13.2 Å². The molecule has 2 aromatic rings. The molecule has 8 heteroatoms. The van der Waals surface area contributed by atoms with Crippen LogP contribution in [0.3, 0.4) is 0 Å². The largest absolute Gasteiger partial charge is 0.393 e. The molecule has 3 rings (SSSR count). The fourth-order valence-corrected chi connectivity index (χ4v) is 2.01. The normalized spacial score (nSPS) is 21.3. The maximum absolute atomic E-state index is 9.28. The lowest BCUT2D eigenvalue weighted by atomic mass is 10.1. The van der Waals surface area contributed by atoms with Crippen LogP contribution < -0.4 is 5.73 Å². The van der Waals surface area contributed by atoms with Crippen molar-refractivity contribution in [2.24, 2.45) is 0 Å². The maximum Gasteiger partial charge on any atom is 0.167 e. The van der Waals surface area contributed by atoms with Gasteiger partial charge in [-0.15, -0.1) is 0 Å². The fourth-order valence-electron chi connectivity index (χ4n) is 2.01. The Kier molecular flexibility index (Phi) is 2.70. The second-order valence-corrected chi connectivity index (χ2v) is 4.33. The van der Waals surface area contributed by atoms with E-state index in [1.165, 1.54) is 12.7 Å². The number of anilines is 1. The lowest BCUT2D eigenvalue weighted by Crippen LogP contribution is -2.37. The molecule has 19 heavy (non-hydrogen) atoms. The van der Waals surface area contributed by atoms with Gasteiger partial charge in [0.1, 0.15) is 17.4 Å². The summed E-state index contributed by atoms with van der Waals surface area (Å²) in [5.41, 5.74) is 5.67. The monoisotopic (exact) mass is 263 g/mol. The molecule has 2 aromatic heterocycles. The Hall–Kier alpha value is -2.03. The molecular formula is C11H13N5O3. The lowest BCUT2D eigenvalue weighted by Gasteiger charge is -2.24. The van der Waals surface area contributed by atoms with Crippen molar-refractivity contribution in [1.82, 2.24) is 19.5 Å². The van der Waals surface area contributed by atoms with Crippen LogP contribution in [0, 0.1) is 0 Å². The van der Waals surface area contributed by atoms with Crippen molar-refractivity contribution in [2.45, 2.75) is 11.8 Å². The first-order chi connectivity index (χ1) is 9.19. The molecule has 0 aromatic carbocycles. The highest BCUT2D eigenvalue weighted by molar-refractivity contribution is 5.81. The molecule has 0 radical (unpaired) electrons. The number of nitrogens with zero attached hydrogens (tertiary/aromatic N) is 4. The molecule has 4 N–H and O–H groups in total. The third kappa shape index (κ3) is 1.77. The number of imidazole rings is 1. The zero-order valence-corrected chi connectivity index (χ0v) is 9.97. The van der Waals surface area contributed by atoms with E-state index < -0.39 is 11.8 Å². The van der Waals surface area contributed by atoms with Crippen molar-refractivity contribution in [3.63, 3.8) is 0 Å². The number of nitrogen functional groups attached to an aromatic ring is 1. The molecule has 0 saturated heterocycles. The highest BCUT2D eigenvalue weighted by Crippen LogP contribution is 2.31. The average molecular weight is 263 g/mol. The second-order valence-electron chi connectivity index (χ2n) is 4.33. The lowest BCUT2D eigenvalue weighted by molar-refractivity contribution is -0.105. The van der Waals surface area contributed by atoms with Gasteiger partial charge >= 0.3 is 0 Å². The summed E-state index contributed by atoms with van der Waals surface area (Å²) in [7, 11) is 0. The fraction of sp³-hybridized carbons (Fsp3) is 0.364. The Morgan fingerprint density at radius 3 is 2.79 bits per heavy atom. The summed E-state index contributed by atoms with van der Waals surface area (Å²) >= 11 is 0. The van der Waals surface area contributed by atoms with Gasteiger partial charge in [0, 0.05) is 0 Å². The molecule has 0 unspecified atom stereocenters. The zero-order valence-electron chi connectivity index (χ0n) is 9.97. The molecular weight excluding hydrogens is 250 g/mol. The van der Waals surface area contributed by atoms with Gasteiger partial charge in [-0.05, 0) is 12.2 Å². The smallest absolute Gasteiger partial charge is 0.167 e. The highest BCUT2D eigenvalue weighted by Gasteiger charge is 2.35. The van der Waals surface area contributed by atoms with Crippen LogP contribution in [0.2, 0.25) is 0 Å². The Labute approximate surface area is 108 Å². The molecule has 3 heterocycles. The summed E-state index contributed by atoms with van der Waals surface area (Å²) < 4.78 is 7.31. The topological polar surface area (TPSA) is 119 Å². The van der Waals surface area contributed by atoms with E-state index in [1.54, 1.807) is 16.7 Å². The van der Waals surface area contributed by atoms with Crippen LogP contribution >= 0.6 is 0 Å². The number of hydrogen-bond acceptors (Lipinski definition) is 7. The summed E-state index contributed by atoms with van der Waals surface area (Å²) in [6, 6.07) is 0. The van der Waals surface area contributed by atoms with Gasteiger partial charge in [0.25, 0.3) is 0 Å². The van der Waals surface area contributed by atoms with Crippen molar-refractivity contribution in [1.29, 1.82) is 0 Å². The number of fused-ring (bicyclic) bond motifs is 1.